The number of carbonyl (C=O) groups excluding carboxylic acids is 7. The highest BCUT2D eigenvalue weighted by molar-refractivity contribution is 9.10. The van der Waals surface area contributed by atoms with Crippen LogP contribution in [0.1, 0.15) is 114 Å². The Labute approximate surface area is 682 Å². The second kappa shape index (κ2) is 34.3. The van der Waals surface area contributed by atoms with Gasteiger partial charge in [-0.1, -0.05) is 218 Å². The molecule has 10 atom stereocenters. The third-order valence-electron chi connectivity index (χ3n) is 25.4. The molecule has 2 unspecified atom stereocenters. The smallest absolute Gasteiger partial charge is 0.411 e. The van der Waals surface area contributed by atoms with E-state index in [0.717, 1.165) is 102 Å². The van der Waals surface area contributed by atoms with E-state index in [1.807, 2.05) is 60.7 Å². The molecule has 8 aromatic carbocycles. The Balaban J connectivity index is 0.000000119. The minimum atomic E-state index is -0.521. The minimum absolute atomic E-state index is 0.0197. The maximum Gasteiger partial charge on any atom is 0.411 e. The van der Waals surface area contributed by atoms with Crippen molar-refractivity contribution in [3.05, 3.63) is 298 Å². The quantitative estimate of drug-likeness (QED) is 0.0465. The molecule has 5 aliphatic carbocycles. The standard InChI is InChI=1S/C25H27NO3.C19H21NO4.2C19H18O2.C16H17BrO3/c1-17-3-5-19(6-4-17)11-12-26-23(27)21-9-7-20(8-10-21)15-25-14-18(2)13-22(25)16-29-24(25)28;1-3-8-23-18(22)20-16-6-4-14(5-7-16)11-19-10-13(2)9-15(19)12-24-17(19)21;2*1-13-8-17-12-21-18(20)19(17,10-13)11-14-6-7-15-4-2-3-5-16(15)9-14;1-10-5-12-9-20-15(18)16(12,7-10)8-11-3-4-14(19-2)13(17)6-11/h3-10,22H,2,11-16H2,1H3,(H,26,27);3-7,15H,1-2,8-12H2,(H,20,22);2-9,17H,10-12H2,1H3;2-7,9,17H,1,8,10-12H2;3-4,6,12H,1,5,7-9H2,2H3/t22-,25+;15-,19+;;17-,19+;12-,16+/m11.11/s1. The lowest BCUT2D eigenvalue weighted by atomic mass is 9.74. The maximum absolute atomic E-state index is 12.4. The highest BCUT2D eigenvalue weighted by Gasteiger charge is 2.60. The van der Waals surface area contributed by atoms with Crippen LogP contribution in [0, 0.1) is 63.6 Å². The van der Waals surface area contributed by atoms with Crippen LogP contribution in [0.4, 0.5) is 10.5 Å². The third-order valence-corrected chi connectivity index (χ3v) is 26.0. The van der Waals surface area contributed by atoms with Crippen LogP contribution in [0.5, 0.6) is 5.75 Å². The molecule has 5 aliphatic heterocycles. The Bertz CT molecular complexity index is 5180. The van der Waals surface area contributed by atoms with Gasteiger partial charge < -0.3 is 38.5 Å². The predicted molar refractivity (Wildman–Crippen MR) is 449 cm³/mol. The number of allylic oxidation sites excluding steroid dienone is 5. The Morgan fingerprint density at radius 1 is 0.470 bits per heavy atom. The van der Waals surface area contributed by atoms with Crippen molar-refractivity contribution in [3.63, 3.8) is 0 Å². The van der Waals surface area contributed by atoms with Gasteiger partial charge in [-0.05, 0) is 217 Å². The highest BCUT2D eigenvalue weighted by atomic mass is 79.9. The van der Waals surface area contributed by atoms with E-state index in [1.165, 1.54) is 66.6 Å². The molecule has 4 saturated carbocycles. The number of nitrogens with one attached hydrogen (secondary N) is 2. The first kappa shape index (κ1) is 80.7. The fraction of sp³-hybridized carbons (Fsp3) is 0.357. The van der Waals surface area contributed by atoms with E-state index in [4.69, 9.17) is 33.2 Å². The van der Waals surface area contributed by atoms with Crippen LogP contribution >= 0.6 is 15.9 Å². The lowest BCUT2D eigenvalue weighted by Crippen LogP contribution is -2.32. The number of fused-ring (bicyclic) bond motifs is 7. The molecule has 5 saturated heterocycles. The van der Waals surface area contributed by atoms with Gasteiger partial charge in [-0.2, -0.15) is 0 Å². The lowest BCUT2D eigenvalue weighted by molar-refractivity contribution is -0.147. The lowest BCUT2D eigenvalue weighted by Gasteiger charge is -2.25. The molecule has 8 aromatic rings. The van der Waals surface area contributed by atoms with Gasteiger partial charge in [-0.25, -0.2) is 4.79 Å². The maximum atomic E-state index is 12.4. The number of ether oxygens (including phenoxy) is 7. The van der Waals surface area contributed by atoms with Gasteiger partial charge in [0.2, 0.25) is 0 Å². The molecular weight excluding hydrogens is 1510 g/mol. The molecule has 594 valence electrons. The number of halogens is 1. The van der Waals surface area contributed by atoms with Gasteiger partial charge in [0, 0.05) is 47.4 Å². The molecule has 115 heavy (non-hydrogen) atoms. The Morgan fingerprint density at radius 3 is 1.31 bits per heavy atom. The molecule has 0 spiro atoms. The first-order chi connectivity index (χ1) is 55.4. The van der Waals surface area contributed by atoms with Crippen molar-refractivity contribution in [2.45, 2.75) is 110 Å². The van der Waals surface area contributed by atoms with E-state index in [-0.39, 0.29) is 76.9 Å². The van der Waals surface area contributed by atoms with Gasteiger partial charge in [0.1, 0.15) is 12.4 Å². The monoisotopic (exact) mass is 1610 g/mol. The minimum Gasteiger partial charge on any atom is -0.496 e. The van der Waals surface area contributed by atoms with Gasteiger partial charge in [0.05, 0.1) is 71.7 Å². The fourth-order valence-electron chi connectivity index (χ4n) is 19.5. The van der Waals surface area contributed by atoms with Crippen molar-refractivity contribution in [2.24, 2.45) is 56.7 Å². The number of hydrogen-bond donors (Lipinski definition) is 2. The number of anilines is 1. The van der Waals surface area contributed by atoms with Crippen molar-refractivity contribution in [1.82, 2.24) is 5.32 Å². The second-order valence-corrected chi connectivity index (χ2v) is 34.3. The van der Waals surface area contributed by atoms with Gasteiger partial charge in [-0.15, -0.1) is 0 Å². The number of benzene rings is 8. The summed E-state index contributed by atoms with van der Waals surface area (Å²) >= 11 is 3.50. The van der Waals surface area contributed by atoms with Crippen molar-refractivity contribution in [3.8, 4) is 5.75 Å². The number of methoxy groups -OCH3 is 1. The number of amides is 2. The van der Waals surface area contributed by atoms with E-state index in [0.29, 0.717) is 88.9 Å². The van der Waals surface area contributed by atoms with Crippen molar-refractivity contribution in [2.75, 3.05) is 58.6 Å². The molecule has 2 N–H and O–H groups in total. The number of rotatable bonds is 18. The van der Waals surface area contributed by atoms with Crippen LogP contribution in [0.3, 0.4) is 0 Å². The summed E-state index contributed by atoms with van der Waals surface area (Å²) in [6.07, 6.45) is 14.9. The number of aryl methyl sites for hydroxylation is 1. The number of esters is 5. The summed E-state index contributed by atoms with van der Waals surface area (Å²) in [5.41, 5.74) is 13.3. The SMILES string of the molecule is C=C1C[C@@H]2COC(=O)[C@]2(Cc2ccc(C(=O)NCCc3ccc(C)cc3)cc2)C1.C=C1C[C@@H]2COC(=O)[C@]2(Cc2ccc(OC)c(Br)c2)C1.C=C1C[C@@H]2COC(=O)[C@]2(Cc2ccc3ccccc3c2)C1.C=CCOC(=O)Nc1ccc(C[C@@]23CC(=C)C[C@@H]2COC3=O)cc1.CC1=CC2COC(=O)C2(Cc2ccc3ccccc3c2)C1. The predicted octanol–water partition coefficient (Wildman–Crippen LogP) is 18.8. The molecule has 0 bridgehead atoms. The van der Waals surface area contributed by atoms with Crippen LogP contribution < -0.4 is 15.4 Å². The van der Waals surface area contributed by atoms with E-state index in [9.17, 15) is 33.6 Å². The highest BCUT2D eigenvalue weighted by Crippen LogP contribution is 2.57. The van der Waals surface area contributed by atoms with Crippen LogP contribution in [-0.4, -0.2) is 95.1 Å². The number of hydrogen-bond acceptors (Lipinski definition) is 14. The largest absolute Gasteiger partial charge is 0.496 e. The van der Waals surface area contributed by atoms with Gasteiger partial charge >= 0.3 is 35.9 Å². The molecule has 0 aromatic heterocycles. The van der Waals surface area contributed by atoms with Gasteiger partial charge in [0.15, 0.2) is 0 Å². The molecule has 9 fully saturated rings. The van der Waals surface area contributed by atoms with Crippen molar-refractivity contribution < 1.29 is 66.7 Å². The number of cyclic esters (lactones) is 5. The summed E-state index contributed by atoms with van der Waals surface area (Å²) in [4.78, 5) is 85.6. The molecule has 18 rings (SSSR count). The fourth-order valence-corrected chi connectivity index (χ4v) is 20.1. The normalized spacial score (nSPS) is 26.1. The first-order valence-corrected chi connectivity index (χ1v) is 40.7. The summed E-state index contributed by atoms with van der Waals surface area (Å²) < 4.78 is 37.7. The van der Waals surface area contributed by atoms with Crippen molar-refractivity contribution >= 4 is 85.0 Å². The Morgan fingerprint density at radius 2 is 0.861 bits per heavy atom. The summed E-state index contributed by atoms with van der Waals surface area (Å²) in [5, 5.41) is 10.6. The molecule has 17 heteroatoms. The summed E-state index contributed by atoms with van der Waals surface area (Å²) in [6, 6.07) is 59.0. The summed E-state index contributed by atoms with van der Waals surface area (Å²) in [6.45, 7) is 27.4. The molecule has 0 radical (unpaired) electrons. The molecule has 5 heterocycles. The zero-order valence-electron chi connectivity index (χ0n) is 66.0. The van der Waals surface area contributed by atoms with E-state index < -0.39 is 22.3 Å². The molecule has 16 nitrogen and oxygen atoms in total. The summed E-state index contributed by atoms with van der Waals surface area (Å²) in [5.74, 6) is 1.70. The topological polar surface area (TPSA) is 208 Å². The van der Waals surface area contributed by atoms with E-state index in [2.05, 4.69) is 183 Å². The Kier molecular flexibility index (Phi) is 24.0. The number of carbonyl (C=O) groups is 7. The van der Waals surface area contributed by atoms with Crippen LogP contribution in [0.15, 0.2) is 253 Å². The second-order valence-electron chi connectivity index (χ2n) is 33.5. The first-order valence-electron chi connectivity index (χ1n) is 39.9. The van der Waals surface area contributed by atoms with Crippen LogP contribution in [0.2, 0.25) is 0 Å². The van der Waals surface area contributed by atoms with Crippen molar-refractivity contribution in [1.29, 1.82) is 0 Å². The summed E-state index contributed by atoms with van der Waals surface area (Å²) in [7, 11) is 1.64. The molecule has 2 amide bonds. The zero-order chi connectivity index (χ0) is 80.8. The third kappa shape index (κ3) is 17.3. The van der Waals surface area contributed by atoms with Gasteiger partial charge in [-0.3, -0.25) is 34.1 Å². The average molecular weight is 1610 g/mol. The Hall–Kier alpha value is -10.9. The van der Waals surface area contributed by atoms with Crippen LogP contribution in [-0.2, 0) is 90.9 Å². The average Bonchev–Trinajstić information content (AvgIpc) is 1.62. The molecule has 10 aliphatic rings. The van der Waals surface area contributed by atoms with Crippen LogP contribution in [0.25, 0.3) is 21.5 Å². The van der Waals surface area contributed by atoms with E-state index in [1.54, 1.807) is 19.2 Å². The zero-order valence-corrected chi connectivity index (χ0v) is 67.6. The molecular formula is C98H101BrN2O14. The van der Waals surface area contributed by atoms with E-state index >= 15 is 0 Å². The van der Waals surface area contributed by atoms with Gasteiger partial charge in [0.25, 0.3) is 5.91 Å².